The smallest absolute Gasteiger partial charge is 0.345 e. The third-order valence-corrected chi connectivity index (χ3v) is 6.99. The van der Waals surface area contributed by atoms with Crippen molar-refractivity contribution in [1.29, 1.82) is 0 Å². The van der Waals surface area contributed by atoms with Crippen LogP contribution < -0.4 is 10.6 Å². The van der Waals surface area contributed by atoms with Crippen LogP contribution in [0.25, 0.3) is 6.08 Å². The Kier molecular flexibility index (Phi) is 11.0. The van der Waals surface area contributed by atoms with Crippen molar-refractivity contribution in [3.8, 4) is 0 Å². The molecule has 2 rings (SSSR count). The molecule has 14 heteroatoms. The molecule has 38 heavy (non-hydrogen) atoms. The van der Waals surface area contributed by atoms with Gasteiger partial charge in [0.1, 0.15) is 12.6 Å². The molecule has 0 saturated carbocycles. The van der Waals surface area contributed by atoms with Gasteiger partial charge in [0, 0.05) is 4.47 Å². The van der Waals surface area contributed by atoms with E-state index in [4.69, 9.17) is 34.8 Å². The molecular formula is C24H20BrCl3F6N2O2. The Hall–Kier alpha value is -1.95. The molecule has 0 aromatic heterocycles. The first-order valence-corrected chi connectivity index (χ1v) is 12.7. The lowest BCUT2D eigenvalue weighted by Crippen LogP contribution is -2.51. The van der Waals surface area contributed by atoms with Crippen LogP contribution in [0.5, 0.6) is 0 Å². The Morgan fingerprint density at radius 1 is 1.00 bits per heavy atom. The van der Waals surface area contributed by atoms with E-state index < -0.39 is 48.6 Å². The van der Waals surface area contributed by atoms with E-state index in [1.54, 1.807) is 19.2 Å². The summed E-state index contributed by atoms with van der Waals surface area (Å²) in [5.74, 6) is -4.39. The minimum atomic E-state index is -4.69. The molecule has 0 radical (unpaired) electrons. The standard InChI is InChI=1S/C24H20BrCl3F6N2O2/c1-11(2)20(22(38)35-10-23(29,30)31)36-21(37)14-5-3-12(7-16(14)25)4-6-15(24(32,33)34)13-8-17(26)19(28)18(27)9-13/h3-9,11,15,20H,10H2,1-2H3,(H,35,38)(H,36,37). The Bertz CT molecular complexity index is 1200. The van der Waals surface area contributed by atoms with Gasteiger partial charge in [-0.2, -0.15) is 26.3 Å². The van der Waals surface area contributed by atoms with Crippen LogP contribution in [0.1, 0.15) is 41.3 Å². The first-order valence-electron chi connectivity index (χ1n) is 10.7. The summed E-state index contributed by atoms with van der Waals surface area (Å²) in [6.07, 6.45) is -7.24. The van der Waals surface area contributed by atoms with E-state index in [1.165, 1.54) is 24.3 Å². The number of carbonyl (C=O) groups excluding carboxylic acids is 2. The Labute approximate surface area is 237 Å². The first kappa shape index (κ1) is 32.3. The summed E-state index contributed by atoms with van der Waals surface area (Å²) in [7, 11) is 0. The molecule has 2 N–H and O–H groups in total. The van der Waals surface area contributed by atoms with E-state index in [-0.39, 0.29) is 36.2 Å². The van der Waals surface area contributed by atoms with Crippen LogP contribution in [0.3, 0.4) is 0 Å². The summed E-state index contributed by atoms with van der Waals surface area (Å²) in [4.78, 5) is 24.9. The van der Waals surface area contributed by atoms with Gasteiger partial charge in [-0.05, 0) is 57.2 Å². The number of hydrogen-bond donors (Lipinski definition) is 2. The fraction of sp³-hybridized carbons (Fsp3) is 0.333. The normalized spacial score (nSPS) is 14.0. The van der Waals surface area contributed by atoms with Gasteiger partial charge in [-0.15, -0.1) is 0 Å². The monoisotopic (exact) mass is 666 g/mol. The van der Waals surface area contributed by atoms with Crippen molar-refractivity contribution >= 4 is 68.6 Å². The number of benzene rings is 2. The Morgan fingerprint density at radius 2 is 1.58 bits per heavy atom. The van der Waals surface area contributed by atoms with E-state index in [2.05, 4.69) is 21.2 Å². The number of amides is 2. The third kappa shape index (κ3) is 9.07. The van der Waals surface area contributed by atoms with Crippen LogP contribution in [0.15, 0.2) is 40.9 Å². The van der Waals surface area contributed by atoms with Crippen molar-refractivity contribution in [2.45, 2.75) is 38.2 Å². The SMILES string of the molecule is CC(C)C(NC(=O)c1ccc(C=CC(c2cc(Cl)c(Cl)c(Cl)c2)C(F)(F)F)cc1Br)C(=O)NCC(F)(F)F. The van der Waals surface area contributed by atoms with Crippen LogP contribution in [-0.4, -0.2) is 36.8 Å². The van der Waals surface area contributed by atoms with E-state index in [0.717, 1.165) is 18.2 Å². The number of halogens is 10. The highest BCUT2D eigenvalue weighted by molar-refractivity contribution is 9.10. The molecule has 0 bridgehead atoms. The van der Waals surface area contributed by atoms with Gasteiger partial charge in [-0.3, -0.25) is 9.59 Å². The topological polar surface area (TPSA) is 58.2 Å². The van der Waals surface area contributed by atoms with Crippen molar-refractivity contribution in [2.24, 2.45) is 5.92 Å². The van der Waals surface area contributed by atoms with Crippen molar-refractivity contribution in [3.05, 3.63) is 72.6 Å². The van der Waals surface area contributed by atoms with Gasteiger partial charge < -0.3 is 10.6 Å². The largest absolute Gasteiger partial charge is 0.405 e. The summed E-state index contributed by atoms with van der Waals surface area (Å²) in [6.45, 7) is 1.53. The quantitative estimate of drug-likeness (QED) is 0.220. The number of alkyl halides is 6. The summed E-state index contributed by atoms with van der Waals surface area (Å²) in [6, 6.07) is 4.90. The highest BCUT2D eigenvalue weighted by Gasteiger charge is 2.39. The molecule has 2 aromatic carbocycles. The maximum absolute atomic E-state index is 13.8. The van der Waals surface area contributed by atoms with Crippen LogP contribution in [0.4, 0.5) is 26.3 Å². The molecule has 2 unspecified atom stereocenters. The van der Waals surface area contributed by atoms with Crippen LogP contribution in [-0.2, 0) is 4.79 Å². The number of allylic oxidation sites excluding steroid dienone is 1. The molecule has 0 saturated heterocycles. The highest BCUT2D eigenvalue weighted by Crippen LogP contribution is 2.41. The molecule has 0 spiro atoms. The lowest BCUT2D eigenvalue weighted by molar-refractivity contribution is -0.140. The number of hydrogen-bond acceptors (Lipinski definition) is 2. The second-order valence-electron chi connectivity index (χ2n) is 8.44. The molecule has 0 aliphatic rings. The first-order chi connectivity index (χ1) is 17.4. The van der Waals surface area contributed by atoms with E-state index in [0.29, 0.717) is 0 Å². The fourth-order valence-electron chi connectivity index (χ4n) is 3.24. The van der Waals surface area contributed by atoms with E-state index >= 15 is 0 Å². The summed E-state index contributed by atoms with van der Waals surface area (Å²) >= 11 is 20.8. The highest BCUT2D eigenvalue weighted by atomic mass is 79.9. The summed E-state index contributed by atoms with van der Waals surface area (Å²) in [5, 5.41) is 3.77. The Balaban J connectivity index is 2.25. The zero-order valence-corrected chi connectivity index (χ0v) is 23.4. The second-order valence-corrected chi connectivity index (χ2v) is 10.5. The molecule has 4 nitrogen and oxygen atoms in total. The van der Waals surface area contributed by atoms with Crippen LogP contribution >= 0.6 is 50.7 Å². The van der Waals surface area contributed by atoms with Crippen LogP contribution in [0.2, 0.25) is 15.1 Å². The molecule has 2 amide bonds. The Morgan fingerprint density at radius 3 is 2.05 bits per heavy atom. The fourth-order valence-corrected chi connectivity index (χ4v) is 4.43. The molecule has 0 fully saturated rings. The van der Waals surface area contributed by atoms with Gasteiger partial charge >= 0.3 is 12.4 Å². The maximum atomic E-state index is 13.8. The van der Waals surface area contributed by atoms with E-state index in [1.807, 2.05) is 0 Å². The van der Waals surface area contributed by atoms with Crippen molar-refractivity contribution in [3.63, 3.8) is 0 Å². The molecule has 2 aromatic rings. The lowest BCUT2D eigenvalue weighted by atomic mass is 9.97. The molecule has 208 valence electrons. The minimum absolute atomic E-state index is 0.0139. The lowest BCUT2D eigenvalue weighted by Gasteiger charge is -2.22. The molecule has 2 atom stereocenters. The van der Waals surface area contributed by atoms with Crippen molar-refractivity contribution < 1.29 is 35.9 Å². The predicted octanol–water partition coefficient (Wildman–Crippen LogP) is 8.20. The van der Waals surface area contributed by atoms with Gasteiger partial charge in [0.25, 0.3) is 5.91 Å². The number of rotatable bonds is 8. The summed E-state index contributed by atoms with van der Waals surface area (Å²) < 4.78 is 78.8. The van der Waals surface area contributed by atoms with Gasteiger partial charge in [0.15, 0.2) is 0 Å². The van der Waals surface area contributed by atoms with Crippen molar-refractivity contribution in [2.75, 3.05) is 6.54 Å². The zero-order chi connectivity index (χ0) is 29.0. The average molecular weight is 669 g/mol. The maximum Gasteiger partial charge on any atom is 0.405 e. The van der Waals surface area contributed by atoms with Gasteiger partial charge in [-0.1, -0.05) is 66.9 Å². The number of carbonyl (C=O) groups is 2. The molecule has 0 aliphatic carbocycles. The summed E-state index contributed by atoms with van der Waals surface area (Å²) in [5.41, 5.74) is 0.0731. The third-order valence-electron chi connectivity index (χ3n) is 5.14. The second kappa shape index (κ2) is 12.9. The molecule has 0 heterocycles. The number of nitrogens with one attached hydrogen (secondary N) is 2. The minimum Gasteiger partial charge on any atom is -0.345 e. The zero-order valence-electron chi connectivity index (χ0n) is 19.6. The van der Waals surface area contributed by atoms with Crippen molar-refractivity contribution in [1.82, 2.24) is 10.6 Å². The van der Waals surface area contributed by atoms with Gasteiger partial charge in [0.05, 0.1) is 26.5 Å². The van der Waals surface area contributed by atoms with Gasteiger partial charge in [-0.25, -0.2) is 0 Å². The van der Waals surface area contributed by atoms with E-state index in [9.17, 15) is 35.9 Å². The van der Waals surface area contributed by atoms with Gasteiger partial charge in [0.2, 0.25) is 5.91 Å². The average Bonchev–Trinajstić information content (AvgIpc) is 2.77. The predicted molar refractivity (Wildman–Crippen MR) is 139 cm³/mol. The van der Waals surface area contributed by atoms with Crippen LogP contribution in [0, 0.1) is 5.92 Å². The molecular weight excluding hydrogens is 649 g/mol. The molecule has 0 aliphatic heterocycles.